The van der Waals surface area contributed by atoms with E-state index < -0.39 is 58.3 Å². The first-order valence-corrected chi connectivity index (χ1v) is 12.7. The van der Waals surface area contributed by atoms with E-state index in [4.69, 9.17) is 28.9 Å². The van der Waals surface area contributed by atoms with Gasteiger partial charge in [0.15, 0.2) is 34.7 Å². The normalized spacial score (nSPS) is 28.4. The highest BCUT2D eigenvalue weighted by Crippen LogP contribution is 2.52. The number of fused-ring (bicyclic) bond motifs is 3. The van der Waals surface area contributed by atoms with Gasteiger partial charge in [0.25, 0.3) is 0 Å². The van der Waals surface area contributed by atoms with Gasteiger partial charge in [-0.2, -0.15) is 0 Å². The second-order valence-corrected chi connectivity index (χ2v) is 11.2. The fourth-order valence-electron chi connectivity index (χ4n) is 6.30. The molecule has 1 amide bonds. The van der Waals surface area contributed by atoms with Crippen LogP contribution in [-0.4, -0.2) is 58.9 Å². The van der Waals surface area contributed by atoms with Gasteiger partial charge in [0, 0.05) is 37.7 Å². The monoisotopic (exact) mass is 558 g/mol. The molecular formula is C27H24Cl2N2O7. The molecule has 2 fully saturated rings. The van der Waals surface area contributed by atoms with Crippen LogP contribution in [0, 0.1) is 23.7 Å². The van der Waals surface area contributed by atoms with Crippen molar-refractivity contribution in [3.63, 3.8) is 0 Å². The van der Waals surface area contributed by atoms with Crippen molar-refractivity contribution in [2.75, 3.05) is 19.0 Å². The highest BCUT2D eigenvalue weighted by Gasteiger charge is 2.66. The van der Waals surface area contributed by atoms with E-state index in [9.17, 15) is 34.2 Å². The molecule has 0 saturated heterocycles. The zero-order valence-electron chi connectivity index (χ0n) is 20.5. The van der Waals surface area contributed by atoms with Crippen molar-refractivity contribution < 1.29 is 34.2 Å². The Balaban J connectivity index is 1.66. The number of carbonyl (C=O) groups is 5. The van der Waals surface area contributed by atoms with E-state index in [1.807, 2.05) is 0 Å². The van der Waals surface area contributed by atoms with Crippen molar-refractivity contribution >= 4 is 57.9 Å². The summed E-state index contributed by atoms with van der Waals surface area (Å²) in [5.41, 5.74) is 4.37. The molecule has 0 aromatic heterocycles. The van der Waals surface area contributed by atoms with E-state index in [2.05, 4.69) is 0 Å². The SMILES string of the molecule is CN(C)c1cc(-c2ccc(Cl)c(Cl)c2)c(O)c2c1C[C@H]1C[C@H]3CC(=O)C(C(N)=O)C(=O)[C@@]3(O)C(=O)C1C2=O. The average molecular weight is 559 g/mol. The molecule has 0 heterocycles. The highest BCUT2D eigenvalue weighted by molar-refractivity contribution is 6.42. The molecule has 2 saturated carbocycles. The summed E-state index contributed by atoms with van der Waals surface area (Å²) in [6.45, 7) is 0. The number of aromatic hydroxyl groups is 1. The van der Waals surface area contributed by atoms with Crippen molar-refractivity contribution in [2.24, 2.45) is 29.4 Å². The van der Waals surface area contributed by atoms with Gasteiger partial charge in [0.05, 0.1) is 21.5 Å². The Morgan fingerprint density at radius 3 is 2.34 bits per heavy atom. The van der Waals surface area contributed by atoms with E-state index in [-0.39, 0.29) is 41.2 Å². The topological polar surface area (TPSA) is 155 Å². The average Bonchev–Trinajstić information content (AvgIpc) is 2.83. The second-order valence-electron chi connectivity index (χ2n) is 10.4. The molecule has 9 nitrogen and oxygen atoms in total. The summed E-state index contributed by atoms with van der Waals surface area (Å²) in [5.74, 6) is -10.5. The number of rotatable bonds is 3. The predicted molar refractivity (Wildman–Crippen MR) is 138 cm³/mol. The minimum atomic E-state index is -2.69. The molecule has 0 radical (unpaired) electrons. The number of carbonyl (C=O) groups excluding carboxylic acids is 5. The molecule has 2 aromatic carbocycles. The summed E-state index contributed by atoms with van der Waals surface area (Å²) >= 11 is 12.2. The van der Waals surface area contributed by atoms with E-state index in [0.29, 0.717) is 21.8 Å². The van der Waals surface area contributed by atoms with Crippen LogP contribution in [0.15, 0.2) is 24.3 Å². The third-order valence-electron chi connectivity index (χ3n) is 8.09. The van der Waals surface area contributed by atoms with Gasteiger partial charge in [-0.3, -0.25) is 24.0 Å². The van der Waals surface area contributed by atoms with Gasteiger partial charge < -0.3 is 20.8 Å². The molecule has 2 unspecified atom stereocenters. The third-order valence-corrected chi connectivity index (χ3v) is 8.83. The lowest BCUT2D eigenvalue weighted by molar-refractivity contribution is -0.175. The Labute approximate surface area is 227 Å². The maximum atomic E-state index is 13.9. The Kier molecular flexibility index (Phi) is 6.17. The molecule has 11 heteroatoms. The molecule has 38 heavy (non-hydrogen) atoms. The van der Waals surface area contributed by atoms with Gasteiger partial charge >= 0.3 is 0 Å². The number of hydrogen-bond acceptors (Lipinski definition) is 8. The highest BCUT2D eigenvalue weighted by atomic mass is 35.5. The Morgan fingerprint density at radius 2 is 1.74 bits per heavy atom. The molecule has 2 aromatic rings. The van der Waals surface area contributed by atoms with E-state index in [0.717, 1.165) is 0 Å². The third kappa shape index (κ3) is 3.60. The summed E-state index contributed by atoms with van der Waals surface area (Å²) in [5, 5.41) is 23.2. The number of amides is 1. The number of aliphatic hydroxyl groups is 1. The first kappa shape index (κ1) is 26.3. The standard InChI is InChI=1S/C27H24Cl2N2O7/c1-31(2)17-9-13(10-3-4-15(28)16(29)7-10)22(33)20-14(17)6-11-5-12-8-18(32)21(26(30)37)25(36)27(12,38)24(35)19(11)23(20)34/h3-4,7,9,11-12,19,21,33,38H,5-6,8H2,1-2H3,(H2,30,37)/t11-,12+,19?,21?,27+/m1/s1. The lowest BCUT2D eigenvalue weighted by Crippen LogP contribution is -2.68. The fraction of sp³-hybridized carbons (Fsp3) is 0.370. The van der Waals surface area contributed by atoms with Crippen molar-refractivity contribution in [3.8, 4) is 16.9 Å². The Hall–Kier alpha value is -3.27. The Bertz CT molecular complexity index is 1470. The number of benzene rings is 2. The largest absolute Gasteiger partial charge is 0.507 e. The van der Waals surface area contributed by atoms with Gasteiger partial charge in [0.2, 0.25) is 5.91 Å². The summed E-state index contributed by atoms with van der Waals surface area (Å²) in [6.07, 6.45) is -0.161. The molecule has 0 aliphatic heterocycles. The lowest BCUT2D eigenvalue weighted by atomic mass is 9.53. The van der Waals surface area contributed by atoms with Crippen LogP contribution in [-0.2, 0) is 25.6 Å². The summed E-state index contributed by atoms with van der Waals surface area (Å²) in [7, 11) is 3.55. The molecule has 0 bridgehead atoms. The number of phenolic OH excluding ortho intramolecular Hbond substituents is 1. The summed E-state index contributed by atoms with van der Waals surface area (Å²) < 4.78 is 0. The summed E-state index contributed by atoms with van der Waals surface area (Å²) in [4.78, 5) is 66.8. The van der Waals surface area contributed by atoms with Crippen LogP contribution < -0.4 is 10.6 Å². The number of anilines is 1. The van der Waals surface area contributed by atoms with Crippen molar-refractivity contribution in [1.82, 2.24) is 0 Å². The van der Waals surface area contributed by atoms with Crippen LogP contribution >= 0.6 is 23.2 Å². The van der Waals surface area contributed by atoms with Gasteiger partial charge in [-0.05, 0) is 48.1 Å². The molecular weight excluding hydrogens is 535 g/mol. The van der Waals surface area contributed by atoms with Crippen molar-refractivity contribution in [3.05, 3.63) is 45.4 Å². The number of primary amides is 1. The van der Waals surface area contributed by atoms with Crippen molar-refractivity contribution in [1.29, 1.82) is 0 Å². The number of Topliss-reactive ketones (excluding diaryl/α,β-unsaturated/α-hetero) is 4. The van der Waals surface area contributed by atoms with Crippen LogP contribution in [0.3, 0.4) is 0 Å². The fourth-order valence-corrected chi connectivity index (χ4v) is 6.60. The van der Waals surface area contributed by atoms with E-state index >= 15 is 0 Å². The minimum absolute atomic E-state index is 0.0310. The Morgan fingerprint density at radius 1 is 1.05 bits per heavy atom. The maximum Gasteiger partial charge on any atom is 0.235 e. The summed E-state index contributed by atoms with van der Waals surface area (Å²) in [6, 6.07) is 6.44. The minimum Gasteiger partial charge on any atom is -0.507 e. The number of ketones is 4. The smallest absolute Gasteiger partial charge is 0.235 e. The van der Waals surface area contributed by atoms with Gasteiger partial charge in [-0.1, -0.05) is 29.3 Å². The maximum absolute atomic E-state index is 13.9. The number of nitrogens with two attached hydrogens (primary N) is 1. The van der Waals surface area contributed by atoms with Crippen molar-refractivity contribution in [2.45, 2.75) is 24.9 Å². The second kappa shape index (κ2) is 8.90. The zero-order chi connectivity index (χ0) is 27.8. The lowest BCUT2D eigenvalue weighted by Gasteiger charge is -2.48. The molecule has 4 N–H and O–H groups in total. The van der Waals surface area contributed by atoms with Gasteiger partial charge in [-0.25, -0.2) is 0 Å². The van der Waals surface area contributed by atoms with Crippen LogP contribution in [0.2, 0.25) is 10.0 Å². The molecule has 3 aliphatic carbocycles. The molecule has 5 atom stereocenters. The number of hydrogen-bond donors (Lipinski definition) is 3. The van der Waals surface area contributed by atoms with Crippen LogP contribution in [0.1, 0.15) is 28.8 Å². The van der Waals surface area contributed by atoms with Gasteiger partial charge in [-0.15, -0.1) is 0 Å². The van der Waals surface area contributed by atoms with E-state index in [1.165, 1.54) is 0 Å². The van der Waals surface area contributed by atoms with Crippen LogP contribution in [0.25, 0.3) is 11.1 Å². The first-order chi connectivity index (χ1) is 17.8. The number of phenols is 1. The predicted octanol–water partition coefficient (Wildman–Crippen LogP) is 2.37. The number of nitrogens with zero attached hydrogens (tertiary/aromatic N) is 1. The quantitative estimate of drug-likeness (QED) is 0.485. The van der Waals surface area contributed by atoms with E-state index in [1.54, 1.807) is 43.3 Å². The molecule has 3 aliphatic rings. The van der Waals surface area contributed by atoms with Crippen LogP contribution in [0.4, 0.5) is 5.69 Å². The van der Waals surface area contributed by atoms with Crippen LogP contribution in [0.5, 0.6) is 5.75 Å². The van der Waals surface area contributed by atoms with Gasteiger partial charge in [0.1, 0.15) is 5.75 Å². The molecule has 198 valence electrons. The molecule has 0 spiro atoms. The zero-order valence-corrected chi connectivity index (χ0v) is 22.0. The number of halogens is 2. The first-order valence-electron chi connectivity index (χ1n) is 12.0. The molecule has 5 rings (SSSR count).